The van der Waals surface area contributed by atoms with Crippen LogP contribution in [-0.4, -0.2) is 22.4 Å². The largest absolute Gasteiger partial charge is 0.488 e. The molecule has 0 saturated heterocycles. The molecule has 28 heavy (non-hydrogen) atoms. The molecule has 0 radical (unpaired) electrons. The molecule has 1 heterocycles. The zero-order chi connectivity index (χ0) is 20.1. The molecular formula is C17H12Cl2FN5O3. The molecule has 0 aliphatic heterocycles. The highest BCUT2D eigenvalue weighted by molar-refractivity contribution is 6.31. The second kappa shape index (κ2) is 8.68. The van der Waals surface area contributed by atoms with Crippen molar-refractivity contribution >= 4 is 41.1 Å². The maximum absolute atomic E-state index is 13.9. The fourth-order valence-corrected chi connectivity index (χ4v) is 2.54. The number of rotatable bonds is 6. The van der Waals surface area contributed by atoms with Gasteiger partial charge in [-0.1, -0.05) is 29.3 Å². The van der Waals surface area contributed by atoms with Gasteiger partial charge in [-0.25, -0.2) is 14.4 Å². The molecule has 3 rings (SSSR count). The van der Waals surface area contributed by atoms with Crippen molar-refractivity contribution in [3.05, 3.63) is 69.1 Å². The first-order valence-corrected chi connectivity index (χ1v) is 8.48. The molecular weight excluding hydrogens is 412 g/mol. The van der Waals surface area contributed by atoms with Gasteiger partial charge in [-0.05, 0) is 40.6 Å². The zero-order valence-corrected chi connectivity index (χ0v) is 15.5. The third kappa shape index (κ3) is 4.56. The number of amides is 1. The van der Waals surface area contributed by atoms with E-state index in [-0.39, 0.29) is 28.7 Å². The summed E-state index contributed by atoms with van der Waals surface area (Å²) < 4.78 is 23.9. The van der Waals surface area contributed by atoms with Crippen molar-refractivity contribution in [2.45, 2.75) is 6.61 Å². The Kier molecular flexibility index (Phi) is 6.07. The Hall–Kier alpha value is -3.17. The van der Waals surface area contributed by atoms with E-state index in [4.69, 9.17) is 33.7 Å². The quantitative estimate of drug-likeness (QED) is 0.463. The maximum Gasteiger partial charge on any atom is 0.297 e. The number of hydrogen-bond donors (Lipinski definition) is 2. The van der Waals surface area contributed by atoms with Crippen LogP contribution < -0.4 is 15.9 Å². The van der Waals surface area contributed by atoms with Crippen LogP contribution in [0.2, 0.25) is 10.0 Å². The number of carbonyl (C=O) groups excluding carboxylic acids is 1. The Morgan fingerprint density at radius 1 is 1.32 bits per heavy atom. The van der Waals surface area contributed by atoms with E-state index < -0.39 is 11.7 Å². The highest BCUT2D eigenvalue weighted by Crippen LogP contribution is 2.25. The summed E-state index contributed by atoms with van der Waals surface area (Å²) in [5, 5.41) is 11.1. The number of nitrogens with zero attached hydrogens (tertiary/aromatic N) is 3. The SMILES string of the molecule is Nc1nonc1C(=O)N/N=C\c1cc(Cl)ccc1OCc1c(F)cccc1Cl. The van der Waals surface area contributed by atoms with Crippen LogP contribution in [-0.2, 0) is 6.61 Å². The Labute approximate surface area is 168 Å². The maximum atomic E-state index is 13.9. The molecule has 0 aliphatic rings. The number of nitrogen functional groups attached to an aromatic ring is 1. The molecule has 8 nitrogen and oxygen atoms in total. The Balaban J connectivity index is 1.73. The average Bonchev–Trinajstić information content (AvgIpc) is 3.08. The second-order valence-corrected chi connectivity index (χ2v) is 6.21. The first kappa shape index (κ1) is 19.6. The van der Waals surface area contributed by atoms with Gasteiger partial charge in [-0.15, -0.1) is 0 Å². The van der Waals surface area contributed by atoms with Crippen molar-refractivity contribution in [1.82, 2.24) is 15.7 Å². The van der Waals surface area contributed by atoms with Gasteiger partial charge in [0, 0.05) is 16.1 Å². The van der Waals surface area contributed by atoms with Crippen molar-refractivity contribution in [2.24, 2.45) is 5.10 Å². The lowest BCUT2D eigenvalue weighted by Crippen LogP contribution is -2.19. The van der Waals surface area contributed by atoms with E-state index in [0.29, 0.717) is 16.3 Å². The number of hydrazone groups is 1. The van der Waals surface area contributed by atoms with Gasteiger partial charge in [-0.2, -0.15) is 5.10 Å². The Bertz CT molecular complexity index is 1020. The van der Waals surface area contributed by atoms with Crippen molar-refractivity contribution in [3.8, 4) is 5.75 Å². The Morgan fingerprint density at radius 3 is 2.86 bits per heavy atom. The standard InChI is InChI=1S/C17H12Cl2FN5O3/c18-10-4-5-14(27-8-11-12(19)2-1-3-13(11)20)9(6-10)7-22-23-17(26)15-16(21)25-28-24-15/h1-7H,8H2,(H2,21,25)(H,23,26)/b22-7-. The van der Waals surface area contributed by atoms with Crippen LogP contribution in [0.4, 0.5) is 10.2 Å². The summed E-state index contributed by atoms with van der Waals surface area (Å²) in [5.41, 5.74) is 8.10. The van der Waals surface area contributed by atoms with Gasteiger partial charge >= 0.3 is 0 Å². The fourth-order valence-electron chi connectivity index (χ4n) is 2.14. The average molecular weight is 424 g/mol. The van der Waals surface area contributed by atoms with Crippen LogP contribution in [0.5, 0.6) is 5.75 Å². The van der Waals surface area contributed by atoms with Gasteiger partial charge in [0.2, 0.25) is 11.5 Å². The van der Waals surface area contributed by atoms with Gasteiger partial charge in [0.15, 0.2) is 0 Å². The molecule has 0 spiro atoms. The van der Waals surface area contributed by atoms with E-state index in [1.165, 1.54) is 18.3 Å². The predicted octanol–water partition coefficient (Wildman–Crippen LogP) is 3.44. The van der Waals surface area contributed by atoms with Gasteiger partial charge in [0.25, 0.3) is 5.91 Å². The molecule has 3 N–H and O–H groups in total. The van der Waals surface area contributed by atoms with Crippen LogP contribution in [0.1, 0.15) is 21.6 Å². The van der Waals surface area contributed by atoms with Crippen molar-refractivity contribution in [1.29, 1.82) is 0 Å². The fraction of sp³-hybridized carbons (Fsp3) is 0.0588. The van der Waals surface area contributed by atoms with E-state index in [1.54, 1.807) is 24.3 Å². The minimum Gasteiger partial charge on any atom is -0.488 e. The van der Waals surface area contributed by atoms with Gasteiger partial charge in [0.1, 0.15) is 18.2 Å². The number of carbonyl (C=O) groups is 1. The molecule has 0 atom stereocenters. The third-order valence-corrected chi connectivity index (χ3v) is 4.09. The lowest BCUT2D eigenvalue weighted by molar-refractivity contribution is 0.0946. The number of halogens is 3. The van der Waals surface area contributed by atoms with Crippen LogP contribution >= 0.6 is 23.2 Å². The lowest BCUT2D eigenvalue weighted by atomic mass is 10.2. The molecule has 0 aliphatic carbocycles. The predicted molar refractivity (Wildman–Crippen MR) is 101 cm³/mol. The highest BCUT2D eigenvalue weighted by Gasteiger charge is 2.15. The summed E-state index contributed by atoms with van der Waals surface area (Å²) >= 11 is 12.0. The molecule has 0 fully saturated rings. The van der Waals surface area contributed by atoms with Crippen LogP contribution in [0.15, 0.2) is 46.1 Å². The third-order valence-electron chi connectivity index (χ3n) is 3.50. The van der Waals surface area contributed by atoms with Crippen molar-refractivity contribution in [2.75, 3.05) is 5.73 Å². The minimum atomic E-state index is -0.711. The van der Waals surface area contributed by atoms with Gasteiger partial charge in [0.05, 0.1) is 11.2 Å². The molecule has 144 valence electrons. The summed E-state index contributed by atoms with van der Waals surface area (Å²) in [6.45, 7) is -0.110. The molecule has 0 unspecified atom stereocenters. The lowest BCUT2D eigenvalue weighted by Gasteiger charge is -2.11. The van der Waals surface area contributed by atoms with E-state index in [1.807, 2.05) is 0 Å². The molecule has 0 bridgehead atoms. The van der Waals surface area contributed by atoms with Crippen molar-refractivity contribution in [3.63, 3.8) is 0 Å². The smallest absolute Gasteiger partial charge is 0.297 e. The number of benzene rings is 2. The second-order valence-electron chi connectivity index (χ2n) is 5.37. The minimum absolute atomic E-state index is 0.110. The molecule has 0 saturated carbocycles. The topological polar surface area (TPSA) is 116 Å². The monoisotopic (exact) mass is 423 g/mol. The summed E-state index contributed by atoms with van der Waals surface area (Å²) in [5.74, 6) is -1.01. The zero-order valence-electron chi connectivity index (χ0n) is 14.0. The van der Waals surface area contributed by atoms with E-state index in [9.17, 15) is 9.18 Å². The number of nitrogens with one attached hydrogen (secondary N) is 1. The molecule has 2 aromatic carbocycles. The molecule has 1 amide bonds. The summed E-state index contributed by atoms with van der Waals surface area (Å²) in [7, 11) is 0. The van der Waals surface area contributed by atoms with Crippen LogP contribution in [0, 0.1) is 5.82 Å². The van der Waals surface area contributed by atoms with Crippen LogP contribution in [0.3, 0.4) is 0 Å². The van der Waals surface area contributed by atoms with Crippen molar-refractivity contribution < 1.29 is 18.6 Å². The van der Waals surface area contributed by atoms with E-state index >= 15 is 0 Å². The number of ether oxygens (including phenoxy) is 1. The first-order chi connectivity index (χ1) is 13.5. The summed E-state index contributed by atoms with van der Waals surface area (Å²) in [6, 6.07) is 9.09. The van der Waals surface area contributed by atoms with Crippen LogP contribution in [0.25, 0.3) is 0 Å². The van der Waals surface area contributed by atoms with Gasteiger partial charge < -0.3 is 10.5 Å². The summed E-state index contributed by atoms with van der Waals surface area (Å²) in [4.78, 5) is 11.9. The van der Waals surface area contributed by atoms with E-state index in [2.05, 4.69) is 25.5 Å². The number of nitrogens with two attached hydrogens (primary N) is 1. The molecule has 3 aromatic rings. The number of hydrogen-bond acceptors (Lipinski definition) is 7. The number of aromatic nitrogens is 2. The van der Waals surface area contributed by atoms with E-state index in [0.717, 1.165) is 0 Å². The Morgan fingerprint density at radius 2 is 2.14 bits per heavy atom. The molecule has 1 aromatic heterocycles. The normalized spacial score (nSPS) is 11.0. The van der Waals surface area contributed by atoms with Gasteiger partial charge in [-0.3, -0.25) is 4.79 Å². The highest BCUT2D eigenvalue weighted by atomic mass is 35.5. The summed E-state index contributed by atoms with van der Waals surface area (Å²) in [6.07, 6.45) is 1.30. The first-order valence-electron chi connectivity index (χ1n) is 7.72. The molecule has 11 heteroatoms. The number of anilines is 1.